The Hall–Kier alpha value is -1.95. The van der Waals surface area contributed by atoms with Gasteiger partial charge in [-0.1, -0.05) is 23.4 Å². The van der Waals surface area contributed by atoms with E-state index in [9.17, 15) is 14.3 Å². The first-order valence-electron chi connectivity index (χ1n) is 7.52. The summed E-state index contributed by atoms with van der Waals surface area (Å²) in [7, 11) is 0. The molecule has 2 aliphatic rings. The predicted molar refractivity (Wildman–Crippen MR) is 79.2 cm³/mol. The summed E-state index contributed by atoms with van der Waals surface area (Å²) in [6.07, 6.45) is 1.72. The zero-order valence-electron chi connectivity index (χ0n) is 12.2. The van der Waals surface area contributed by atoms with Crippen LogP contribution in [-0.4, -0.2) is 36.0 Å². The summed E-state index contributed by atoms with van der Waals surface area (Å²) in [5.41, 5.74) is 0.216. The number of piperidine rings is 1. The second kappa shape index (κ2) is 6.04. The standard InChI is InChI=1S/C16H19FN2O3/c17-13-4-2-1-3-12(13)14-9-11(22-19-14)10-16(15(20)21)5-7-18-8-6-16/h1-4,11,18H,5-10H2,(H,20,21)/t11-/m1/s1. The molecule has 1 atom stereocenters. The van der Waals surface area contributed by atoms with Crippen molar-refractivity contribution in [3.05, 3.63) is 35.6 Å². The molecule has 2 aliphatic heterocycles. The van der Waals surface area contributed by atoms with Gasteiger partial charge in [0.1, 0.15) is 11.9 Å². The number of aliphatic carboxylic acids is 1. The molecular weight excluding hydrogens is 287 g/mol. The van der Waals surface area contributed by atoms with Crippen molar-refractivity contribution >= 4 is 11.7 Å². The molecule has 1 aromatic rings. The van der Waals surface area contributed by atoms with Gasteiger partial charge < -0.3 is 15.3 Å². The molecule has 5 nitrogen and oxygen atoms in total. The van der Waals surface area contributed by atoms with Gasteiger partial charge in [0.2, 0.25) is 0 Å². The first kappa shape index (κ1) is 15.0. The predicted octanol–water partition coefficient (Wildman–Crippen LogP) is 2.16. The maximum Gasteiger partial charge on any atom is 0.309 e. The lowest BCUT2D eigenvalue weighted by Crippen LogP contribution is -2.44. The van der Waals surface area contributed by atoms with Gasteiger partial charge in [-0.25, -0.2) is 4.39 Å². The average Bonchev–Trinajstić information content (AvgIpc) is 2.96. The Morgan fingerprint density at radius 1 is 1.41 bits per heavy atom. The Morgan fingerprint density at radius 2 is 2.14 bits per heavy atom. The SMILES string of the molecule is O=C(O)C1(C[C@H]2CC(c3ccccc3F)=NO2)CCNCC1. The van der Waals surface area contributed by atoms with Crippen molar-refractivity contribution in [2.75, 3.05) is 13.1 Å². The van der Waals surface area contributed by atoms with Crippen molar-refractivity contribution in [2.45, 2.75) is 31.8 Å². The third-order valence-electron chi connectivity index (χ3n) is 4.55. The van der Waals surface area contributed by atoms with Gasteiger partial charge in [0.05, 0.1) is 11.1 Å². The van der Waals surface area contributed by atoms with Crippen molar-refractivity contribution in [2.24, 2.45) is 10.6 Å². The van der Waals surface area contributed by atoms with Crippen LogP contribution in [-0.2, 0) is 9.63 Å². The largest absolute Gasteiger partial charge is 0.481 e. The third-order valence-corrected chi connectivity index (χ3v) is 4.55. The quantitative estimate of drug-likeness (QED) is 0.894. The van der Waals surface area contributed by atoms with Crippen LogP contribution in [0, 0.1) is 11.2 Å². The highest BCUT2D eigenvalue weighted by atomic mass is 19.1. The van der Waals surface area contributed by atoms with E-state index in [2.05, 4.69) is 10.5 Å². The Bertz CT molecular complexity index is 597. The fourth-order valence-corrected chi connectivity index (χ4v) is 3.24. The molecular formula is C16H19FN2O3. The number of carboxylic acid groups (broad SMARTS) is 1. The van der Waals surface area contributed by atoms with Crippen molar-refractivity contribution < 1.29 is 19.1 Å². The highest BCUT2D eigenvalue weighted by Gasteiger charge is 2.43. The summed E-state index contributed by atoms with van der Waals surface area (Å²) >= 11 is 0. The van der Waals surface area contributed by atoms with Crippen molar-refractivity contribution in [1.29, 1.82) is 0 Å². The number of carbonyl (C=O) groups is 1. The molecule has 0 unspecified atom stereocenters. The van der Waals surface area contributed by atoms with Gasteiger partial charge in [0, 0.05) is 18.4 Å². The molecule has 0 aliphatic carbocycles. The Balaban J connectivity index is 1.69. The molecule has 118 valence electrons. The Morgan fingerprint density at radius 3 is 2.82 bits per heavy atom. The molecule has 2 N–H and O–H groups in total. The second-order valence-corrected chi connectivity index (χ2v) is 5.99. The van der Waals surface area contributed by atoms with E-state index in [1.54, 1.807) is 18.2 Å². The van der Waals surface area contributed by atoms with E-state index in [1.165, 1.54) is 6.07 Å². The summed E-state index contributed by atoms with van der Waals surface area (Å²) in [4.78, 5) is 17.1. The average molecular weight is 306 g/mol. The number of oxime groups is 1. The minimum absolute atomic E-state index is 0.302. The molecule has 0 amide bonds. The smallest absolute Gasteiger partial charge is 0.309 e. The summed E-state index contributed by atoms with van der Waals surface area (Å²) in [5, 5.41) is 16.7. The van der Waals surface area contributed by atoms with Crippen LogP contribution < -0.4 is 5.32 Å². The lowest BCUT2D eigenvalue weighted by atomic mass is 9.74. The number of benzene rings is 1. The van der Waals surface area contributed by atoms with E-state index >= 15 is 0 Å². The zero-order chi connectivity index (χ0) is 15.6. The summed E-state index contributed by atoms with van der Waals surface area (Å²) in [5.74, 6) is -1.11. The van der Waals surface area contributed by atoms with Gasteiger partial charge in [0.25, 0.3) is 0 Å². The van der Waals surface area contributed by atoms with Crippen LogP contribution in [0.5, 0.6) is 0 Å². The second-order valence-electron chi connectivity index (χ2n) is 5.99. The molecule has 0 aromatic heterocycles. The van der Waals surface area contributed by atoms with Crippen LogP contribution in [0.25, 0.3) is 0 Å². The van der Waals surface area contributed by atoms with Crippen molar-refractivity contribution in [1.82, 2.24) is 5.32 Å². The van der Waals surface area contributed by atoms with Crippen LogP contribution in [0.1, 0.15) is 31.2 Å². The molecule has 22 heavy (non-hydrogen) atoms. The molecule has 1 saturated heterocycles. The minimum Gasteiger partial charge on any atom is -0.481 e. The Kier molecular flexibility index (Phi) is 4.11. The number of carboxylic acids is 1. The van der Waals surface area contributed by atoms with Crippen LogP contribution >= 0.6 is 0 Å². The van der Waals surface area contributed by atoms with Crippen molar-refractivity contribution in [3.63, 3.8) is 0 Å². The van der Waals surface area contributed by atoms with Gasteiger partial charge in [-0.3, -0.25) is 4.79 Å². The molecule has 1 fully saturated rings. The van der Waals surface area contributed by atoms with Crippen molar-refractivity contribution in [3.8, 4) is 0 Å². The molecule has 1 aromatic carbocycles. The maximum absolute atomic E-state index is 13.8. The molecule has 0 saturated carbocycles. The molecule has 3 rings (SSSR count). The lowest BCUT2D eigenvalue weighted by Gasteiger charge is -2.34. The number of nitrogens with one attached hydrogen (secondary N) is 1. The summed E-state index contributed by atoms with van der Waals surface area (Å²) in [6.45, 7) is 1.39. The highest BCUT2D eigenvalue weighted by molar-refractivity contribution is 6.01. The first-order valence-corrected chi connectivity index (χ1v) is 7.52. The van der Waals surface area contributed by atoms with Gasteiger partial charge in [-0.05, 0) is 32.0 Å². The maximum atomic E-state index is 13.8. The normalized spacial score (nSPS) is 23.7. The van der Waals surface area contributed by atoms with Gasteiger partial charge in [0.15, 0.2) is 0 Å². The van der Waals surface area contributed by atoms with Crippen LogP contribution in [0.4, 0.5) is 4.39 Å². The monoisotopic (exact) mass is 306 g/mol. The number of nitrogens with zero attached hydrogens (tertiary/aromatic N) is 1. The fourth-order valence-electron chi connectivity index (χ4n) is 3.24. The highest BCUT2D eigenvalue weighted by Crippen LogP contribution is 2.37. The zero-order valence-corrected chi connectivity index (χ0v) is 12.2. The number of rotatable bonds is 4. The van der Waals surface area contributed by atoms with E-state index in [1.807, 2.05) is 0 Å². The molecule has 0 spiro atoms. The van der Waals surface area contributed by atoms with Gasteiger partial charge in [-0.2, -0.15) is 0 Å². The molecule has 0 bridgehead atoms. The lowest BCUT2D eigenvalue weighted by molar-refractivity contribution is -0.153. The fraction of sp³-hybridized carbons (Fsp3) is 0.500. The molecule has 2 heterocycles. The first-order chi connectivity index (χ1) is 10.6. The topological polar surface area (TPSA) is 70.9 Å². The summed E-state index contributed by atoms with van der Waals surface area (Å²) < 4.78 is 13.8. The third kappa shape index (κ3) is 2.83. The van der Waals surface area contributed by atoms with Crippen LogP contribution in [0.3, 0.4) is 0 Å². The number of halogens is 1. The van der Waals surface area contributed by atoms with Gasteiger partial charge >= 0.3 is 5.97 Å². The van der Waals surface area contributed by atoms with Crippen LogP contribution in [0.2, 0.25) is 0 Å². The number of hydrogen-bond acceptors (Lipinski definition) is 4. The molecule has 0 radical (unpaired) electrons. The van der Waals surface area contributed by atoms with E-state index in [-0.39, 0.29) is 11.9 Å². The molecule has 6 heteroatoms. The van der Waals surface area contributed by atoms with Gasteiger partial charge in [-0.15, -0.1) is 0 Å². The number of hydrogen-bond donors (Lipinski definition) is 2. The summed E-state index contributed by atoms with van der Waals surface area (Å²) in [6, 6.07) is 6.43. The van der Waals surface area contributed by atoms with Crippen LogP contribution in [0.15, 0.2) is 29.4 Å². The Labute approximate surface area is 128 Å². The van der Waals surface area contributed by atoms with E-state index in [4.69, 9.17) is 4.84 Å². The van der Waals surface area contributed by atoms with E-state index in [0.29, 0.717) is 50.0 Å². The van der Waals surface area contributed by atoms with E-state index < -0.39 is 11.4 Å². The minimum atomic E-state index is -0.781. The van der Waals surface area contributed by atoms with E-state index in [0.717, 1.165) is 0 Å².